The number of nitrogens with two attached hydrogens (primary N) is 1. The highest BCUT2D eigenvalue weighted by Gasteiger charge is 2.14. The van der Waals surface area contributed by atoms with Crippen molar-refractivity contribution in [1.29, 1.82) is 0 Å². The Morgan fingerprint density at radius 1 is 1.50 bits per heavy atom. The summed E-state index contributed by atoms with van der Waals surface area (Å²) in [6.07, 6.45) is 1.45. The summed E-state index contributed by atoms with van der Waals surface area (Å²) >= 11 is 0. The monoisotopic (exact) mass is 251 g/mol. The molecular weight excluding hydrogens is 234 g/mol. The van der Waals surface area contributed by atoms with Gasteiger partial charge < -0.3 is 15.7 Å². The zero-order valence-corrected chi connectivity index (χ0v) is 10.5. The van der Waals surface area contributed by atoms with Crippen LogP contribution in [-0.2, 0) is 4.79 Å². The number of hydrogen-bond acceptors (Lipinski definition) is 4. The molecule has 0 saturated heterocycles. The lowest BCUT2D eigenvalue weighted by Gasteiger charge is -2.24. The standard InChI is InChI=1S/C12H17N3O3/c1-8(2)6-15(7-11(16)17)9-3-4-14-10(5-9)12(13)18/h3-5,8H,6-7H2,1-2H3,(H2,13,18)(H,16,17). The maximum absolute atomic E-state index is 11.0. The number of primary amides is 1. The normalized spacial score (nSPS) is 10.4. The summed E-state index contributed by atoms with van der Waals surface area (Å²) in [4.78, 5) is 27.4. The maximum atomic E-state index is 11.0. The summed E-state index contributed by atoms with van der Waals surface area (Å²) in [6.45, 7) is 4.44. The molecule has 0 aliphatic heterocycles. The molecule has 1 amide bonds. The molecule has 0 aliphatic carbocycles. The fourth-order valence-electron chi connectivity index (χ4n) is 1.62. The number of pyridine rings is 1. The Labute approximate surface area is 105 Å². The first-order valence-corrected chi connectivity index (χ1v) is 5.62. The second-order valence-electron chi connectivity index (χ2n) is 4.43. The molecule has 0 unspecified atom stereocenters. The summed E-state index contributed by atoms with van der Waals surface area (Å²) in [5, 5.41) is 8.89. The molecular formula is C12H17N3O3. The molecule has 0 radical (unpaired) electrons. The molecule has 6 nitrogen and oxygen atoms in total. The van der Waals surface area contributed by atoms with Crippen molar-refractivity contribution < 1.29 is 14.7 Å². The van der Waals surface area contributed by atoms with Gasteiger partial charge in [-0.2, -0.15) is 0 Å². The van der Waals surface area contributed by atoms with Crippen molar-refractivity contribution in [3.8, 4) is 0 Å². The third kappa shape index (κ3) is 4.04. The van der Waals surface area contributed by atoms with E-state index < -0.39 is 11.9 Å². The van der Waals surface area contributed by atoms with E-state index in [1.165, 1.54) is 12.3 Å². The van der Waals surface area contributed by atoms with Gasteiger partial charge in [-0.15, -0.1) is 0 Å². The van der Waals surface area contributed by atoms with Crippen LogP contribution in [0.1, 0.15) is 24.3 Å². The molecule has 1 heterocycles. The van der Waals surface area contributed by atoms with E-state index in [1.54, 1.807) is 11.0 Å². The minimum absolute atomic E-state index is 0.125. The first kappa shape index (κ1) is 14.0. The SMILES string of the molecule is CC(C)CN(CC(=O)O)c1ccnc(C(N)=O)c1. The van der Waals surface area contributed by atoms with Crippen molar-refractivity contribution in [3.63, 3.8) is 0 Å². The van der Waals surface area contributed by atoms with Gasteiger partial charge in [-0.1, -0.05) is 13.8 Å². The molecule has 98 valence electrons. The van der Waals surface area contributed by atoms with Crippen molar-refractivity contribution in [2.45, 2.75) is 13.8 Å². The van der Waals surface area contributed by atoms with Crippen molar-refractivity contribution in [3.05, 3.63) is 24.0 Å². The first-order chi connectivity index (χ1) is 8.40. The van der Waals surface area contributed by atoms with Gasteiger partial charge in [-0.25, -0.2) is 0 Å². The van der Waals surface area contributed by atoms with Crippen LogP contribution in [-0.4, -0.2) is 35.1 Å². The molecule has 1 rings (SSSR count). The van der Waals surface area contributed by atoms with Gasteiger partial charge in [-0.05, 0) is 18.1 Å². The molecule has 0 aliphatic rings. The Morgan fingerprint density at radius 3 is 2.67 bits per heavy atom. The van der Waals surface area contributed by atoms with Gasteiger partial charge in [0.2, 0.25) is 0 Å². The second kappa shape index (κ2) is 6.00. The number of carbonyl (C=O) groups excluding carboxylic acids is 1. The van der Waals surface area contributed by atoms with E-state index in [9.17, 15) is 9.59 Å². The number of aromatic nitrogens is 1. The van der Waals surface area contributed by atoms with Crippen molar-refractivity contribution in [2.24, 2.45) is 11.7 Å². The Kier molecular flexibility index (Phi) is 4.65. The van der Waals surface area contributed by atoms with Crippen molar-refractivity contribution in [2.75, 3.05) is 18.0 Å². The number of amides is 1. The summed E-state index contributed by atoms with van der Waals surface area (Å²) in [7, 11) is 0. The van der Waals surface area contributed by atoms with E-state index >= 15 is 0 Å². The summed E-state index contributed by atoms with van der Waals surface area (Å²) in [5.74, 6) is -1.25. The molecule has 0 atom stereocenters. The second-order valence-corrected chi connectivity index (χ2v) is 4.43. The van der Waals surface area contributed by atoms with Crippen molar-refractivity contribution in [1.82, 2.24) is 4.98 Å². The number of carboxylic acids is 1. The van der Waals surface area contributed by atoms with E-state index in [2.05, 4.69) is 4.98 Å². The lowest BCUT2D eigenvalue weighted by Crippen LogP contribution is -2.33. The van der Waals surface area contributed by atoms with E-state index in [0.717, 1.165) is 0 Å². The number of hydrogen-bond donors (Lipinski definition) is 2. The van der Waals surface area contributed by atoms with Gasteiger partial charge in [0.1, 0.15) is 12.2 Å². The van der Waals surface area contributed by atoms with Crippen LogP contribution < -0.4 is 10.6 Å². The summed E-state index contributed by atoms with van der Waals surface area (Å²) in [5.41, 5.74) is 5.91. The van der Waals surface area contributed by atoms with Crippen LogP contribution >= 0.6 is 0 Å². The van der Waals surface area contributed by atoms with Gasteiger partial charge in [0.15, 0.2) is 0 Å². The van der Waals surface area contributed by atoms with Crippen molar-refractivity contribution >= 4 is 17.6 Å². The number of anilines is 1. The lowest BCUT2D eigenvalue weighted by molar-refractivity contribution is -0.135. The average molecular weight is 251 g/mol. The number of carboxylic acid groups (broad SMARTS) is 1. The van der Waals surface area contributed by atoms with Gasteiger partial charge >= 0.3 is 5.97 Å². The number of nitrogens with zero attached hydrogens (tertiary/aromatic N) is 2. The molecule has 0 aromatic carbocycles. The highest BCUT2D eigenvalue weighted by Crippen LogP contribution is 2.16. The van der Waals surface area contributed by atoms with Gasteiger partial charge in [-0.3, -0.25) is 14.6 Å². The summed E-state index contributed by atoms with van der Waals surface area (Å²) < 4.78 is 0. The fraction of sp³-hybridized carbons (Fsp3) is 0.417. The van der Waals surface area contributed by atoms with Crippen LogP contribution in [0.4, 0.5) is 5.69 Å². The Bertz CT molecular complexity index is 446. The molecule has 18 heavy (non-hydrogen) atoms. The largest absolute Gasteiger partial charge is 0.480 e. The Hall–Kier alpha value is -2.11. The molecule has 6 heteroatoms. The molecule has 3 N–H and O–H groups in total. The highest BCUT2D eigenvalue weighted by molar-refractivity contribution is 5.91. The average Bonchev–Trinajstić information content (AvgIpc) is 2.27. The molecule has 0 spiro atoms. The van der Waals surface area contributed by atoms with Crippen LogP contribution in [0.3, 0.4) is 0 Å². The molecule has 1 aromatic heterocycles. The highest BCUT2D eigenvalue weighted by atomic mass is 16.4. The molecule has 0 bridgehead atoms. The molecule has 1 aromatic rings. The fourth-order valence-corrected chi connectivity index (χ4v) is 1.62. The zero-order chi connectivity index (χ0) is 13.7. The van der Waals surface area contributed by atoms with Gasteiger partial charge in [0.05, 0.1) is 0 Å². The predicted octanol–water partition coefficient (Wildman–Crippen LogP) is 0.727. The van der Waals surface area contributed by atoms with E-state index in [0.29, 0.717) is 18.2 Å². The summed E-state index contributed by atoms with van der Waals surface area (Å²) in [6, 6.07) is 3.17. The minimum atomic E-state index is -0.923. The molecule has 0 fully saturated rings. The zero-order valence-electron chi connectivity index (χ0n) is 10.5. The minimum Gasteiger partial charge on any atom is -0.480 e. The van der Waals surface area contributed by atoms with E-state index in [1.807, 2.05) is 13.8 Å². The number of rotatable bonds is 6. The van der Waals surface area contributed by atoms with Crippen LogP contribution in [0.15, 0.2) is 18.3 Å². The predicted molar refractivity (Wildman–Crippen MR) is 67.4 cm³/mol. The van der Waals surface area contributed by atoms with E-state index in [-0.39, 0.29) is 12.2 Å². The Balaban J connectivity index is 3.00. The number of aliphatic carboxylic acids is 1. The third-order valence-electron chi connectivity index (χ3n) is 2.27. The van der Waals surface area contributed by atoms with Crippen LogP contribution in [0, 0.1) is 5.92 Å². The first-order valence-electron chi connectivity index (χ1n) is 5.62. The van der Waals surface area contributed by atoms with Crippen LogP contribution in [0.5, 0.6) is 0 Å². The lowest BCUT2D eigenvalue weighted by atomic mass is 10.2. The smallest absolute Gasteiger partial charge is 0.323 e. The van der Waals surface area contributed by atoms with Crippen LogP contribution in [0.25, 0.3) is 0 Å². The topological polar surface area (TPSA) is 96.5 Å². The van der Waals surface area contributed by atoms with Crippen LogP contribution in [0.2, 0.25) is 0 Å². The van der Waals surface area contributed by atoms with Gasteiger partial charge in [0.25, 0.3) is 5.91 Å². The number of carbonyl (C=O) groups is 2. The Morgan fingerprint density at radius 2 is 2.17 bits per heavy atom. The van der Waals surface area contributed by atoms with Gasteiger partial charge in [0, 0.05) is 18.4 Å². The molecule has 0 saturated carbocycles. The quantitative estimate of drug-likeness (QED) is 0.776. The van der Waals surface area contributed by atoms with E-state index in [4.69, 9.17) is 10.8 Å². The third-order valence-corrected chi connectivity index (χ3v) is 2.27. The maximum Gasteiger partial charge on any atom is 0.323 e.